The number of esters is 1. The lowest BCUT2D eigenvalue weighted by molar-refractivity contribution is 0.0526. The van der Waals surface area contributed by atoms with Crippen LogP contribution in [-0.4, -0.2) is 30.2 Å². The average Bonchev–Trinajstić information content (AvgIpc) is 3.06. The fourth-order valence-electron chi connectivity index (χ4n) is 2.86. The van der Waals surface area contributed by atoms with Gasteiger partial charge >= 0.3 is 5.97 Å². The number of amides is 1. The highest BCUT2D eigenvalue weighted by Gasteiger charge is 2.19. The van der Waals surface area contributed by atoms with Crippen molar-refractivity contribution in [3.05, 3.63) is 68.5 Å². The summed E-state index contributed by atoms with van der Waals surface area (Å²) in [5.41, 5.74) is 8.17. The third kappa shape index (κ3) is 4.52. The molecule has 0 spiro atoms. The van der Waals surface area contributed by atoms with Gasteiger partial charge in [-0.25, -0.2) is 4.79 Å². The molecule has 0 saturated carbocycles. The summed E-state index contributed by atoms with van der Waals surface area (Å²) >= 11 is 6.54. The van der Waals surface area contributed by atoms with Crippen molar-refractivity contribution in [3.63, 3.8) is 0 Å². The summed E-state index contributed by atoms with van der Waals surface area (Å²) in [6.45, 7) is 2.34. The number of nitrogens with one attached hydrogen (secondary N) is 1. The number of anilines is 1. The molecule has 3 aromatic rings. The predicted octanol–water partition coefficient (Wildman–Crippen LogP) is 3.97. The molecule has 1 aromatic heterocycles. The summed E-state index contributed by atoms with van der Waals surface area (Å²) in [5.74, 6) is 0.211. The van der Waals surface area contributed by atoms with E-state index >= 15 is 0 Å². The second kappa shape index (κ2) is 9.55. The molecular formula is C21H21N3O4S2. The molecule has 0 bridgehead atoms. The number of benzene rings is 2. The number of carbonyl (C=O) groups excluding carboxylic acids is 2. The van der Waals surface area contributed by atoms with E-state index in [0.717, 1.165) is 16.9 Å². The summed E-state index contributed by atoms with van der Waals surface area (Å²) in [6.07, 6.45) is 0. The van der Waals surface area contributed by atoms with Gasteiger partial charge in [0.1, 0.15) is 16.4 Å². The van der Waals surface area contributed by atoms with Gasteiger partial charge in [0, 0.05) is 17.8 Å². The van der Waals surface area contributed by atoms with Crippen LogP contribution < -0.4 is 15.8 Å². The molecule has 1 amide bonds. The van der Waals surface area contributed by atoms with Crippen molar-refractivity contribution in [2.24, 2.45) is 0 Å². The van der Waals surface area contributed by atoms with Crippen molar-refractivity contribution in [2.45, 2.75) is 13.5 Å². The highest BCUT2D eigenvalue weighted by Crippen LogP contribution is 2.27. The summed E-state index contributed by atoms with van der Waals surface area (Å²) in [5, 5.41) is 2.85. The molecule has 0 saturated heterocycles. The van der Waals surface area contributed by atoms with Gasteiger partial charge in [-0.2, -0.15) is 0 Å². The Morgan fingerprint density at radius 1 is 1.17 bits per heavy atom. The first-order valence-electron chi connectivity index (χ1n) is 9.15. The molecule has 0 radical (unpaired) electrons. The fraction of sp³-hybridized carbons (Fsp3) is 0.190. The third-order valence-electron chi connectivity index (χ3n) is 4.32. The fourth-order valence-corrected chi connectivity index (χ4v) is 4.14. The van der Waals surface area contributed by atoms with Crippen LogP contribution in [0.3, 0.4) is 0 Å². The second-order valence-corrected chi connectivity index (χ2v) is 7.82. The van der Waals surface area contributed by atoms with E-state index in [-0.39, 0.29) is 11.7 Å². The number of hydrogen-bond acceptors (Lipinski definition) is 7. The van der Waals surface area contributed by atoms with E-state index in [0.29, 0.717) is 39.0 Å². The monoisotopic (exact) mass is 443 g/mol. The molecule has 30 heavy (non-hydrogen) atoms. The molecule has 3 N–H and O–H groups in total. The Bertz CT molecular complexity index is 1120. The molecule has 2 aromatic carbocycles. The van der Waals surface area contributed by atoms with Gasteiger partial charge in [-0.15, -0.1) is 0 Å². The largest absolute Gasteiger partial charge is 0.496 e. The Hall–Kier alpha value is -3.17. The van der Waals surface area contributed by atoms with Gasteiger partial charge in [-0.1, -0.05) is 29.5 Å². The molecule has 1 heterocycles. The van der Waals surface area contributed by atoms with E-state index in [9.17, 15) is 9.59 Å². The van der Waals surface area contributed by atoms with Gasteiger partial charge in [0.2, 0.25) is 0 Å². The van der Waals surface area contributed by atoms with Crippen LogP contribution in [0.25, 0.3) is 5.69 Å². The van der Waals surface area contributed by atoms with Gasteiger partial charge in [-0.05, 0) is 49.5 Å². The number of aromatic nitrogens is 1. The lowest BCUT2D eigenvalue weighted by Crippen LogP contribution is -2.23. The zero-order valence-corrected chi connectivity index (χ0v) is 18.1. The lowest BCUT2D eigenvalue weighted by Gasteiger charge is -2.10. The van der Waals surface area contributed by atoms with E-state index in [1.807, 2.05) is 24.3 Å². The molecule has 0 unspecified atom stereocenters. The number of carbonyl (C=O) groups is 2. The van der Waals surface area contributed by atoms with E-state index in [1.165, 1.54) is 0 Å². The molecular weight excluding hydrogens is 422 g/mol. The first kappa shape index (κ1) is 21.5. The van der Waals surface area contributed by atoms with Gasteiger partial charge in [0.25, 0.3) is 5.91 Å². The molecule has 0 atom stereocenters. The van der Waals surface area contributed by atoms with E-state index in [1.54, 1.807) is 42.9 Å². The molecule has 3 rings (SSSR count). The normalized spacial score (nSPS) is 10.5. The van der Waals surface area contributed by atoms with Crippen molar-refractivity contribution in [2.75, 3.05) is 19.5 Å². The summed E-state index contributed by atoms with van der Waals surface area (Å²) in [4.78, 5) is 24.9. The van der Waals surface area contributed by atoms with Crippen molar-refractivity contribution in [3.8, 4) is 11.4 Å². The molecule has 0 aliphatic rings. The Balaban J connectivity index is 1.80. The van der Waals surface area contributed by atoms with Crippen molar-refractivity contribution >= 4 is 41.2 Å². The molecule has 9 heteroatoms. The van der Waals surface area contributed by atoms with Crippen LogP contribution in [0.4, 0.5) is 5.82 Å². The Kier molecular flexibility index (Phi) is 6.86. The molecule has 0 fully saturated rings. The minimum atomic E-state index is -0.401. The quantitative estimate of drug-likeness (QED) is 0.424. The minimum Gasteiger partial charge on any atom is -0.496 e. The summed E-state index contributed by atoms with van der Waals surface area (Å²) < 4.78 is 12.3. The SMILES string of the molecule is CCOC(=O)c1ccc(-n2c(N)c(C(=O)NCc3ccccc3OC)sc2=S)cc1. The smallest absolute Gasteiger partial charge is 0.338 e. The predicted molar refractivity (Wildman–Crippen MR) is 119 cm³/mol. The number of para-hydroxylation sites is 1. The molecule has 156 valence electrons. The van der Waals surface area contributed by atoms with Crippen LogP contribution in [0.5, 0.6) is 5.75 Å². The Labute approximate surface area is 183 Å². The van der Waals surface area contributed by atoms with Gasteiger partial charge in [-0.3, -0.25) is 9.36 Å². The maximum Gasteiger partial charge on any atom is 0.338 e. The molecule has 0 aliphatic heterocycles. The number of rotatable bonds is 7. The van der Waals surface area contributed by atoms with E-state index in [2.05, 4.69) is 5.32 Å². The number of nitrogens with zero attached hydrogens (tertiary/aromatic N) is 1. The van der Waals surface area contributed by atoms with Crippen molar-refractivity contribution in [1.29, 1.82) is 0 Å². The van der Waals surface area contributed by atoms with Gasteiger partial charge in [0.15, 0.2) is 3.95 Å². The first-order valence-corrected chi connectivity index (χ1v) is 10.4. The number of nitrogen functional groups attached to an aromatic ring is 1. The number of thiazole rings is 1. The molecule has 7 nitrogen and oxygen atoms in total. The second-order valence-electron chi connectivity index (χ2n) is 6.18. The highest BCUT2D eigenvalue weighted by atomic mass is 32.1. The van der Waals surface area contributed by atoms with Crippen molar-refractivity contribution < 1.29 is 19.1 Å². The van der Waals surface area contributed by atoms with Crippen molar-refractivity contribution in [1.82, 2.24) is 9.88 Å². The zero-order chi connectivity index (χ0) is 21.7. The highest BCUT2D eigenvalue weighted by molar-refractivity contribution is 7.73. The number of ether oxygens (including phenoxy) is 2. The van der Waals surface area contributed by atoms with Crippen LogP contribution in [0.2, 0.25) is 0 Å². The van der Waals surface area contributed by atoms with Crippen LogP contribution in [0.1, 0.15) is 32.5 Å². The number of hydrogen-bond donors (Lipinski definition) is 2. The van der Waals surface area contributed by atoms with E-state index in [4.69, 9.17) is 27.4 Å². The van der Waals surface area contributed by atoms with Gasteiger partial charge < -0.3 is 20.5 Å². The summed E-state index contributed by atoms with van der Waals surface area (Å²) in [7, 11) is 1.58. The maximum atomic E-state index is 12.7. The van der Waals surface area contributed by atoms with E-state index < -0.39 is 5.97 Å². The number of nitrogens with two attached hydrogens (primary N) is 1. The van der Waals surface area contributed by atoms with Crippen LogP contribution >= 0.6 is 23.6 Å². The van der Waals surface area contributed by atoms with Crippen LogP contribution in [0, 0.1) is 3.95 Å². The number of methoxy groups -OCH3 is 1. The zero-order valence-electron chi connectivity index (χ0n) is 16.5. The standard InChI is InChI=1S/C21H21N3O4S2/c1-3-28-20(26)13-8-10-15(11-9-13)24-18(22)17(30-21(24)29)19(25)23-12-14-6-4-5-7-16(14)27-2/h4-11H,3,12,22H2,1-2H3,(H,23,25). The van der Waals surface area contributed by atoms with Gasteiger partial charge in [0.05, 0.1) is 19.3 Å². The first-order chi connectivity index (χ1) is 14.5. The van der Waals surface area contributed by atoms with Crippen LogP contribution in [0.15, 0.2) is 48.5 Å². The minimum absolute atomic E-state index is 0.242. The maximum absolute atomic E-state index is 12.7. The lowest BCUT2D eigenvalue weighted by atomic mass is 10.2. The topological polar surface area (TPSA) is 95.6 Å². The average molecular weight is 444 g/mol. The molecule has 0 aliphatic carbocycles. The third-order valence-corrected chi connectivity index (χ3v) is 5.71. The Morgan fingerprint density at radius 2 is 1.87 bits per heavy atom. The van der Waals surface area contributed by atoms with Crippen LogP contribution in [-0.2, 0) is 11.3 Å². The Morgan fingerprint density at radius 3 is 2.53 bits per heavy atom. The summed E-state index contributed by atoms with van der Waals surface area (Å²) in [6, 6.07) is 14.1.